The Morgan fingerprint density at radius 2 is 2.08 bits per heavy atom. The molecule has 3 heteroatoms. The van der Waals surface area contributed by atoms with E-state index in [1.807, 2.05) is 0 Å². The average molecular weight is 181 g/mol. The zero-order valence-electron chi connectivity index (χ0n) is 7.47. The van der Waals surface area contributed by atoms with Crippen molar-refractivity contribution in [1.82, 2.24) is 0 Å². The van der Waals surface area contributed by atoms with E-state index in [1.165, 1.54) is 6.07 Å². The SMILES string of the molecule is Cc1c(O)cc(C2(N)CC2)cc1F. The minimum Gasteiger partial charge on any atom is -0.508 e. The maximum atomic E-state index is 13.2. The summed E-state index contributed by atoms with van der Waals surface area (Å²) in [5.74, 6) is -0.390. The second-order valence-corrected chi connectivity index (χ2v) is 3.76. The van der Waals surface area contributed by atoms with Crippen LogP contribution in [-0.2, 0) is 5.54 Å². The number of rotatable bonds is 1. The van der Waals surface area contributed by atoms with Crippen molar-refractivity contribution >= 4 is 0 Å². The van der Waals surface area contributed by atoms with Crippen molar-refractivity contribution in [3.8, 4) is 5.75 Å². The molecule has 1 aromatic carbocycles. The lowest BCUT2D eigenvalue weighted by Crippen LogP contribution is -2.18. The Balaban J connectivity index is 2.50. The van der Waals surface area contributed by atoms with Crippen LogP contribution < -0.4 is 5.73 Å². The van der Waals surface area contributed by atoms with Crippen LogP contribution in [0.15, 0.2) is 12.1 Å². The van der Waals surface area contributed by atoms with Gasteiger partial charge in [0.25, 0.3) is 0 Å². The highest BCUT2D eigenvalue weighted by atomic mass is 19.1. The monoisotopic (exact) mass is 181 g/mol. The van der Waals surface area contributed by atoms with Crippen LogP contribution in [0.25, 0.3) is 0 Å². The van der Waals surface area contributed by atoms with Crippen molar-refractivity contribution in [2.24, 2.45) is 5.73 Å². The number of nitrogens with two attached hydrogens (primary N) is 1. The number of hydrogen-bond donors (Lipinski definition) is 2. The third-order valence-electron chi connectivity index (χ3n) is 2.68. The molecule has 2 rings (SSSR count). The predicted molar refractivity (Wildman–Crippen MR) is 47.9 cm³/mol. The van der Waals surface area contributed by atoms with Crippen molar-refractivity contribution < 1.29 is 9.50 Å². The van der Waals surface area contributed by atoms with Gasteiger partial charge in [0, 0.05) is 11.1 Å². The van der Waals surface area contributed by atoms with Gasteiger partial charge in [-0.05, 0) is 37.5 Å². The van der Waals surface area contributed by atoms with Gasteiger partial charge < -0.3 is 10.8 Å². The Morgan fingerprint density at radius 3 is 2.54 bits per heavy atom. The molecule has 0 aromatic heterocycles. The van der Waals surface area contributed by atoms with E-state index >= 15 is 0 Å². The Bertz CT molecular complexity index is 335. The molecule has 0 bridgehead atoms. The van der Waals surface area contributed by atoms with Gasteiger partial charge in [0.15, 0.2) is 0 Å². The number of halogens is 1. The van der Waals surface area contributed by atoms with E-state index in [2.05, 4.69) is 0 Å². The minimum absolute atomic E-state index is 0.00766. The predicted octanol–water partition coefficient (Wildman–Crippen LogP) is 1.79. The fourth-order valence-electron chi connectivity index (χ4n) is 1.38. The van der Waals surface area contributed by atoms with Crippen LogP contribution in [0.4, 0.5) is 4.39 Å². The molecule has 1 saturated carbocycles. The lowest BCUT2D eigenvalue weighted by molar-refractivity contribution is 0.460. The quantitative estimate of drug-likeness (QED) is 0.693. The van der Waals surface area contributed by atoms with Crippen LogP contribution in [0.2, 0.25) is 0 Å². The number of benzene rings is 1. The van der Waals surface area contributed by atoms with Gasteiger partial charge in [0.05, 0.1) is 0 Å². The second-order valence-electron chi connectivity index (χ2n) is 3.76. The maximum absolute atomic E-state index is 13.2. The average Bonchev–Trinajstić information content (AvgIpc) is 2.80. The van der Waals surface area contributed by atoms with Crippen molar-refractivity contribution in [2.45, 2.75) is 25.3 Å². The van der Waals surface area contributed by atoms with Gasteiger partial charge in [-0.3, -0.25) is 0 Å². The van der Waals surface area contributed by atoms with Gasteiger partial charge >= 0.3 is 0 Å². The standard InChI is InChI=1S/C10H12FNO/c1-6-8(11)4-7(5-9(6)13)10(12)2-3-10/h4-5,13H,2-3,12H2,1H3. The Kier molecular flexibility index (Phi) is 1.60. The fraction of sp³-hybridized carbons (Fsp3) is 0.400. The first-order valence-corrected chi connectivity index (χ1v) is 4.31. The van der Waals surface area contributed by atoms with Crippen LogP contribution in [-0.4, -0.2) is 5.11 Å². The van der Waals surface area contributed by atoms with E-state index in [0.29, 0.717) is 5.56 Å². The maximum Gasteiger partial charge on any atom is 0.130 e. The van der Waals surface area contributed by atoms with Crippen molar-refractivity contribution in [2.75, 3.05) is 0 Å². The highest BCUT2D eigenvalue weighted by Gasteiger charge is 2.40. The van der Waals surface area contributed by atoms with Crippen molar-refractivity contribution in [3.05, 3.63) is 29.1 Å². The molecule has 0 aliphatic heterocycles. The first kappa shape index (κ1) is 8.51. The summed E-state index contributed by atoms with van der Waals surface area (Å²) < 4.78 is 13.2. The molecule has 1 aliphatic rings. The molecule has 3 N–H and O–H groups in total. The van der Waals surface area contributed by atoms with Crippen LogP contribution >= 0.6 is 0 Å². The number of aromatic hydroxyl groups is 1. The first-order chi connectivity index (χ1) is 6.03. The molecule has 0 atom stereocenters. The van der Waals surface area contributed by atoms with Crippen LogP contribution in [0.5, 0.6) is 5.75 Å². The molecule has 1 aromatic rings. The molecule has 0 amide bonds. The van der Waals surface area contributed by atoms with Crippen molar-refractivity contribution in [3.63, 3.8) is 0 Å². The molecule has 0 spiro atoms. The third-order valence-corrected chi connectivity index (χ3v) is 2.68. The van der Waals surface area contributed by atoms with E-state index in [1.54, 1.807) is 13.0 Å². The molecule has 70 valence electrons. The summed E-state index contributed by atoms with van der Waals surface area (Å²) in [6, 6.07) is 2.98. The number of phenolic OH excluding ortho intramolecular Hbond substituents is 1. The molecule has 1 fully saturated rings. The van der Waals surface area contributed by atoms with E-state index in [9.17, 15) is 9.50 Å². The molecule has 0 radical (unpaired) electrons. The van der Waals surface area contributed by atoms with Crippen LogP contribution in [0, 0.1) is 12.7 Å². The van der Waals surface area contributed by atoms with Gasteiger partial charge in [-0.2, -0.15) is 0 Å². The summed E-state index contributed by atoms with van der Waals surface area (Å²) in [6.45, 7) is 1.55. The zero-order chi connectivity index (χ0) is 9.64. The highest BCUT2D eigenvalue weighted by Crippen LogP contribution is 2.44. The summed E-state index contributed by atoms with van der Waals surface area (Å²) in [7, 11) is 0. The summed E-state index contributed by atoms with van der Waals surface area (Å²) in [4.78, 5) is 0. The lowest BCUT2D eigenvalue weighted by Gasteiger charge is -2.11. The summed E-state index contributed by atoms with van der Waals surface area (Å²) >= 11 is 0. The van der Waals surface area contributed by atoms with Gasteiger partial charge in [0.1, 0.15) is 11.6 Å². The van der Waals surface area contributed by atoms with E-state index < -0.39 is 0 Å². The molecule has 0 saturated heterocycles. The summed E-state index contributed by atoms with van der Waals surface area (Å²) in [5.41, 5.74) is 6.48. The first-order valence-electron chi connectivity index (χ1n) is 4.31. The zero-order valence-corrected chi connectivity index (χ0v) is 7.47. The molecule has 0 unspecified atom stereocenters. The molecular formula is C10H12FNO. The van der Waals surface area contributed by atoms with Crippen LogP contribution in [0.3, 0.4) is 0 Å². The third kappa shape index (κ3) is 1.29. The lowest BCUT2D eigenvalue weighted by atomic mass is 10.0. The summed E-state index contributed by atoms with van der Waals surface area (Å²) in [5, 5.41) is 9.38. The van der Waals surface area contributed by atoms with E-state index in [-0.39, 0.29) is 22.7 Å². The highest BCUT2D eigenvalue weighted by molar-refractivity contribution is 5.41. The fourth-order valence-corrected chi connectivity index (χ4v) is 1.38. The smallest absolute Gasteiger partial charge is 0.130 e. The topological polar surface area (TPSA) is 46.2 Å². The normalized spacial score (nSPS) is 18.7. The van der Waals surface area contributed by atoms with Gasteiger partial charge in [-0.1, -0.05) is 0 Å². The van der Waals surface area contributed by atoms with Crippen molar-refractivity contribution in [1.29, 1.82) is 0 Å². The minimum atomic E-state index is -0.383. The number of hydrogen-bond acceptors (Lipinski definition) is 2. The van der Waals surface area contributed by atoms with Crippen LogP contribution in [0.1, 0.15) is 24.0 Å². The van der Waals surface area contributed by atoms with Gasteiger partial charge in [-0.15, -0.1) is 0 Å². The molecular weight excluding hydrogens is 169 g/mol. The Labute approximate surface area is 76.2 Å². The van der Waals surface area contributed by atoms with E-state index in [0.717, 1.165) is 12.8 Å². The van der Waals surface area contributed by atoms with E-state index in [4.69, 9.17) is 5.73 Å². The largest absolute Gasteiger partial charge is 0.508 e. The Hall–Kier alpha value is -1.09. The molecule has 2 nitrogen and oxygen atoms in total. The Morgan fingerprint density at radius 1 is 1.46 bits per heavy atom. The molecule has 13 heavy (non-hydrogen) atoms. The molecule has 1 aliphatic carbocycles. The molecule has 0 heterocycles. The van der Waals surface area contributed by atoms with Gasteiger partial charge in [0.2, 0.25) is 0 Å². The second kappa shape index (κ2) is 2.45. The number of phenols is 1. The summed E-state index contributed by atoms with van der Waals surface area (Å²) in [6.07, 6.45) is 1.74. The van der Waals surface area contributed by atoms with Gasteiger partial charge in [-0.25, -0.2) is 4.39 Å².